The summed E-state index contributed by atoms with van der Waals surface area (Å²) in [4.78, 5) is 9.13. The third-order valence-electron chi connectivity index (χ3n) is 4.14. The maximum absolute atomic E-state index is 13.4. The number of ether oxygens (including phenoxy) is 1. The third kappa shape index (κ3) is 4.15. The summed E-state index contributed by atoms with van der Waals surface area (Å²) in [5.74, 6) is -0.266. The minimum Gasteiger partial charge on any atom is -0.460 e. The number of nitrogens with zero attached hydrogens (tertiary/aromatic N) is 3. The molecular weight excluding hydrogens is 355 g/mol. The largest absolute Gasteiger partial charge is 0.460 e. The van der Waals surface area contributed by atoms with Gasteiger partial charge in [-0.2, -0.15) is 18.2 Å². The van der Waals surface area contributed by atoms with Crippen LogP contribution in [0.4, 0.5) is 24.7 Å². The molecule has 1 aliphatic rings. The number of rotatable bonds is 4. The molecule has 1 saturated carbocycles. The van der Waals surface area contributed by atoms with Gasteiger partial charge in [-0.15, -0.1) is 0 Å². The molecule has 1 aromatic heterocycles. The molecule has 8 heteroatoms. The SMILES string of the molecule is CN(c1cccc(Cl)c1)c1nc(OC2CCCC2)ncc1C(F)(F)F. The zero-order valence-corrected chi connectivity index (χ0v) is 14.3. The Hall–Kier alpha value is -2.02. The van der Waals surface area contributed by atoms with Crippen molar-refractivity contribution < 1.29 is 17.9 Å². The van der Waals surface area contributed by atoms with Gasteiger partial charge in [0.25, 0.3) is 0 Å². The van der Waals surface area contributed by atoms with E-state index >= 15 is 0 Å². The zero-order chi connectivity index (χ0) is 18.0. The second kappa shape index (κ2) is 7.07. The molecule has 1 aromatic carbocycles. The molecule has 0 radical (unpaired) electrons. The van der Waals surface area contributed by atoms with Gasteiger partial charge in [0, 0.05) is 24.0 Å². The van der Waals surface area contributed by atoms with Gasteiger partial charge in [-0.05, 0) is 43.9 Å². The second-order valence-electron chi connectivity index (χ2n) is 5.95. The van der Waals surface area contributed by atoms with Gasteiger partial charge in [-0.1, -0.05) is 17.7 Å². The van der Waals surface area contributed by atoms with Gasteiger partial charge in [-0.25, -0.2) is 4.98 Å². The fourth-order valence-electron chi connectivity index (χ4n) is 2.83. The minimum absolute atomic E-state index is 0.0382. The molecule has 0 spiro atoms. The summed E-state index contributed by atoms with van der Waals surface area (Å²) in [5, 5.41) is 0.425. The van der Waals surface area contributed by atoms with Gasteiger partial charge in [0.2, 0.25) is 0 Å². The Morgan fingerprint density at radius 3 is 2.60 bits per heavy atom. The van der Waals surface area contributed by atoms with E-state index in [1.807, 2.05) is 0 Å². The lowest BCUT2D eigenvalue weighted by atomic mass is 10.2. The summed E-state index contributed by atoms with van der Waals surface area (Å²) >= 11 is 5.94. The maximum atomic E-state index is 13.4. The quantitative estimate of drug-likeness (QED) is 0.736. The Balaban J connectivity index is 1.98. The van der Waals surface area contributed by atoms with Crippen LogP contribution in [0, 0.1) is 0 Å². The molecule has 3 rings (SSSR count). The predicted molar refractivity (Wildman–Crippen MR) is 89.4 cm³/mol. The summed E-state index contributed by atoms with van der Waals surface area (Å²) in [7, 11) is 1.50. The number of halogens is 4. The lowest BCUT2D eigenvalue weighted by Gasteiger charge is -2.23. The Labute approximate surface area is 148 Å². The number of anilines is 2. The van der Waals surface area contributed by atoms with Gasteiger partial charge < -0.3 is 9.64 Å². The smallest absolute Gasteiger partial charge is 0.421 e. The van der Waals surface area contributed by atoms with Crippen molar-refractivity contribution in [2.45, 2.75) is 38.0 Å². The van der Waals surface area contributed by atoms with Crippen LogP contribution in [0.1, 0.15) is 31.2 Å². The molecule has 0 saturated heterocycles. The average molecular weight is 372 g/mol. The zero-order valence-electron chi connectivity index (χ0n) is 13.6. The van der Waals surface area contributed by atoms with Crippen molar-refractivity contribution in [2.24, 2.45) is 0 Å². The first-order valence-corrected chi connectivity index (χ1v) is 8.32. The van der Waals surface area contributed by atoms with Crippen LogP contribution in [0.2, 0.25) is 5.02 Å². The Morgan fingerprint density at radius 2 is 1.96 bits per heavy atom. The first-order chi connectivity index (χ1) is 11.8. The topological polar surface area (TPSA) is 38.2 Å². The van der Waals surface area contributed by atoms with Crippen molar-refractivity contribution in [1.82, 2.24) is 9.97 Å². The van der Waals surface area contributed by atoms with Gasteiger partial charge in [0.1, 0.15) is 11.7 Å². The van der Waals surface area contributed by atoms with E-state index in [9.17, 15) is 13.2 Å². The molecule has 1 heterocycles. The Kier molecular flexibility index (Phi) is 5.03. The number of hydrogen-bond acceptors (Lipinski definition) is 4. The minimum atomic E-state index is -4.58. The summed E-state index contributed by atoms with van der Waals surface area (Å²) in [5.41, 5.74) is -0.433. The number of hydrogen-bond donors (Lipinski definition) is 0. The molecule has 0 N–H and O–H groups in total. The van der Waals surface area contributed by atoms with Crippen LogP contribution in [0.15, 0.2) is 30.5 Å². The van der Waals surface area contributed by atoms with Crippen molar-refractivity contribution in [1.29, 1.82) is 0 Å². The molecule has 1 fully saturated rings. The van der Waals surface area contributed by atoms with Crippen LogP contribution in [0.5, 0.6) is 6.01 Å². The highest BCUT2D eigenvalue weighted by molar-refractivity contribution is 6.30. The van der Waals surface area contributed by atoms with E-state index in [2.05, 4.69) is 9.97 Å². The fraction of sp³-hybridized carbons (Fsp3) is 0.412. The summed E-state index contributed by atoms with van der Waals surface area (Å²) in [6.07, 6.45) is -0.0302. The summed E-state index contributed by atoms with van der Waals surface area (Å²) in [6.45, 7) is 0. The van der Waals surface area contributed by atoms with Crippen LogP contribution >= 0.6 is 11.6 Å². The number of aromatic nitrogens is 2. The van der Waals surface area contributed by atoms with Crippen molar-refractivity contribution in [3.8, 4) is 6.01 Å². The van der Waals surface area contributed by atoms with E-state index in [-0.39, 0.29) is 17.9 Å². The van der Waals surface area contributed by atoms with Crippen LogP contribution in [0.25, 0.3) is 0 Å². The van der Waals surface area contributed by atoms with Gasteiger partial charge in [0.15, 0.2) is 5.82 Å². The molecule has 0 atom stereocenters. The average Bonchev–Trinajstić information content (AvgIpc) is 3.06. The molecule has 4 nitrogen and oxygen atoms in total. The van der Waals surface area contributed by atoms with E-state index in [1.54, 1.807) is 24.3 Å². The van der Waals surface area contributed by atoms with E-state index in [0.717, 1.165) is 31.9 Å². The van der Waals surface area contributed by atoms with E-state index in [0.29, 0.717) is 10.7 Å². The molecule has 0 aliphatic heterocycles. The molecule has 0 bridgehead atoms. The Morgan fingerprint density at radius 1 is 1.24 bits per heavy atom. The predicted octanol–water partition coefficient (Wildman–Crippen LogP) is 5.24. The molecule has 1 aliphatic carbocycles. The van der Waals surface area contributed by atoms with Crippen LogP contribution in [-0.4, -0.2) is 23.1 Å². The molecule has 0 amide bonds. The number of benzene rings is 1. The molecule has 134 valence electrons. The standard InChI is InChI=1S/C17H17ClF3N3O/c1-24(12-6-4-5-11(18)9-12)15-14(17(19,20)21)10-22-16(23-15)25-13-7-2-3-8-13/h4-6,9-10,13H,2-3,7-8H2,1H3. The highest BCUT2D eigenvalue weighted by atomic mass is 35.5. The van der Waals surface area contributed by atoms with Crippen molar-refractivity contribution in [3.63, 3.8) is 0 Å². The van der Waals surface area contributed by atoms with Gasteiger partial charge in [-0.3, -0.25) is 0 Å². The second-order valence-corrected chi connectivity index (χ2v) is 6.39. The van der Waals surface area contributed by atoms with Crippen LogP contribution < -0.4 is 9.64 Å². The Bertz CT molecular complexity index is 748. The molecule has 25 heavy (non-hydrogen) atoms. The lowest BCUT2D eigenvalue weighted by Crippen LogP contribution is -2.20. The van der Waals surface area contributed by atoms with Gasteiger partial charge >= 0.3 is 12.2 Å². The highest BCUT2D eigenvalue weighted by Gasteiger charge is 2.37. The first kappa shape index (κ1) is 17.8. The summed E-state index contributed by atoms with van der Waals surface area (Å²) in [6, 6.07) is 6.51. The highest BCUT2D eigenvalue weighted by Crippen LogP contribution is 2.38. The monoisotopic (exact) mass is 371 g/mol. The van der Waals surface area contributed by atoms with Crippen molar-refractivity contribution in [2.75, 3.05) is 11.9 Å². The van der Waals surface area contributed by atoms with Gasteiger partial charge in [0.05, 0.1) is 0 Å². The van der Waals surface area contributed by atoms with Crippen LogP contribution in [-0.2, 0) is 6.18 Å². The first-order valence-electron chi connectivity index (χ1n) is 7.95. The van der Waals surface area contributed by atoms with Crippen molar-refractivity contribution in [3.05, 3.63) is 41.0 Å². The van der Waals surface area contributed by atoms with E-state index < -0.39 is 11.7 Å². The van der Waals surface area contributed by atoms with E-state index in [4.69, 9.17) is 16.3 Å². The molecule has 2 aromatic rings. The van der Waals surface area contributed by atoms with E-state index in [1.165, 1.54) is 11.9 Å². The van der Waals surface area contributed by atoms with Crippen molar-refractivity contribution >= 4 is 23.1 Å². The lowest BCUT2D eigenvalue weighted by molar-refractivity contribution is -0.137. The summed E-state index contributed by atoms with van der Waals surface area (Å²) < 4.78 is 45.8. The molecule has 0 unspecified atom stereocenters. The number of alkyl halides is 3. The maximum Gasteiger partial charge on any atom is 0.421 e. The van der Waals surface area contributed by atoms with Crippen LogP contribution in [0.3, 0.4) is 0 Å². The molecular formula is C17H17ClF3N3O. The fourth-order valence-corrected chi connectivity index (χ4v) is 3.02. The normalized spacial score (nSPS) is 15.4. The third-order valence-corrected chi connectivity index (χ3v) is 4.37.